The van der Waals surface area contributed by atoms with E-state index in [9.17, 15) is 14.4 Å². The van der Waals surface area contributed by atoms with Crippen molar-refractivity contribution in [1.29, 1.82) is 0 Å². The molecule has 0 radical (unpaired) electrons. The molecular weight excluding hydrogens is 248 g/mol. The van der Waals surface area contributed by atoms with Crippen LogP contribution in [0.25, 0.3) is 0 Å². The normalized spacial score (nSPS) is 11.9. The Morgan fingerprint density at radius 2 is 2.11 bits per heavy atom. The van der Waals surface area contributed by atoms with E-state index in [1.807, 2.05) is 13.8 Å². The summed E-state index contributed by atoms with van der Waals surface area (Å²) in [7, 11) is 0. The average Bonchev–Trinajstić information content (AvgIpc) is 2.30. The molecule has 7 nitrogen and oxygen atoms in total. The molecule has 7 heteroatoms. The molecule has 3 amide bonds. The van der Waals surface area contributed by atoms with Gasteiger partial charge in [0.2, 0.25) is 5.91 Å². The summed E-state index contributed by atoms with van der Waals surface area (Å²) in [4.78, 5) is 36.7. The molecule has 0 aliphatic heterocycles. The Kier molecular flexibility index (Phi) is 5.11. The second-order valence-corrected chi connectivity index (χ2v) is 4.60. The van der Waals surface area contributed by atoms with Crippen LogP contribution in [0.2, 0.25) is 0 Å². The van der Waals surface area contributed by atoms with Gasteiger partial charge in [0.15, 0.2) is 0 Å². The lowest BCUT2D eigenvalue weighted by atomic mass is 10.0. The van der Waals surface area contributed by atoms with Crippen LogP contribution in [0.3, 0.4) is 0 Å². The van der Waals surface area contributed by atoms with E-state index in [0.29, 0.717) is 6.42 Å². The number of pyridine rings is 1. The lowest BCUT2D eigenvalue weighted by molar-refractivity contribution is -0.120. The minimum absolute atomic E-state index is 0.104. The highest BCUT2D eigenvalue weighted by molar-refractivity contribution is 5.93. The molecule has 0 aliphatic carbocycles. The molecule has 104 valence electrons. The van der Waals surface area contributed by atoms with Crippen molar-refractivity contribution in [2.24, 2.45) is 11.7 Å². The number of anilines is 1. The molecule has 1 aromatic rings. The summed E-state index contributed by atoms with van der Waals surface area (Å²) in [5.74, 6) is -0.399. The number of amides is 3. The quantitative estimate of drug-likeness (QED) is 0.617. The van der Waals surface area contributed by atoms with Crippen molar-refractivity contribution in [3.05, 3.63) is 28.7 Å². The number of primary amides is 1. The van der Waals surface area contributed by atoms with Gasteiger partial charge >= 0.3 is 6.03 Å². The summed E-state index contributed by atoms with van der Waals surface area (Å²) < 4.78 is 0. The van der Waals surface area contributed by atoms with E-state index in [1.165, 1.54) is 12.3 Å². The first kappa shape index (κ1) is 14.7. The van der Waals surface area contributed by atoms with Gasteiger partial charge in [-0.1, -0.05) is 13.8 Å². The van der Waals surface area contributed by atoms with Crippen molar-refractivity contribution in [3.8, 4) is 0 Å². The zero-order chi connectivity index (χ0) is 14.4. The third-order valence-electron chi connectivity index (χ3n) is 2.42. The SMILES string of the molecule is CC(C)C[C@H](NC(=O)Nc1ccc[nH]c1=O)C(N)=O. The van der Waals surface area contributed by atoms with Crippen LogP contribution in [0.1, 0.15) is 20.3 Å². The molecule has 0 bridgehead atoms. The number of aromatic amines is 1. The fourth-order valence-electron chi connectivity index (χ4n) is 1.55. The lowest BCUT2D eigenvalue weighted by Gasteiger charge is -2.17. The highest BCUT2D eigenvalue weighted by atomic mass is 16.2. The van der Waals surface area contributed by atoms with Gasteiger partial charge < -0.3 is 21.4 Å². The molecule has 1 atom stereocenters. The van der Waals surface area contributed by atoms with Gasteiger partial charge in [0, 0.05) is 6.20 Å². The third kappa shape index (κ3) is 4.82. The number of carbonyl (C=O) groups is 2. The molecule has 0 spiro atoms. The minimum Gasteiger partial charge on any atom is -0.368 e. The average molecular weight is 266 g/mol. The predicted molar refractivity (Wildman–Crippen MR) is 71.7 cm³/mol. The molecule has 0 fully saturated rings. The lowest BCUT2D eigenvalue weighted by Crippen LogP contribution is -2.47. The fourth-order valence-corrected chi connectivity index (χ4v) is 1.55. The van der Waals surface area contributed by atoms with Crippen LogP contribution in [-0.2, 0) is 4.79 Å². The minimum atomic E-state index is -0.761. The van der Waals surface area contributed by atoms with Gasteiger partial charge in [-0.05, 0) is 24.5 Å². The van der Waals surface area contributed by atoms with E-state index in [-0.39, 0.29) is 11.6 Å². The zero-order valence-electron chi connectivity index (χ0n) is 10.9. The number of H-pyrrole nitrogens is 1. The van der Waals surface area contributed by atoms with Gasteiger partial charge in [-0.15, -0.1) is 0 Å². The molecule has 0 unspecified atom stereocenters. The van der Waals surface area contributed by atoms with Gasteiger partial charge in [-0.3, -0.25) is 9.59 Å². The molecule has 0 aliphatic rings. The molecule has 5 N–H and O–H groups in total. The summed E-state index contributed by atoms with van der Waals surface area (Å²) in [5.41, 5.74) is 4.89. The van der Waals surface area contributed by atoms with Crippen molar-refractivity contribution in [2.75, 3.05) is 5.32 Å². The van der Waals surface area contributed by atoms with Crippen molar-refractivity contribution < 1.29 is 9.59 Å². The van der Waals surface area contributed by atoms with Gasteiger partial charge in [-0.2, -0.15) is 0 Å². The van der Waals surface area contributed by atoms with Crippen LogP contribution in [0.5, 0.6) is 0 Å². The summed E-state index contributed by atoms with van der Waals surface area (Å²) in [6, 6.07) is 1.64. The maximum absolute atomic E-state index is 11.7. The van der Waals surface area contributed by atoms with Crippen LogP contribution < -0.4 is 21.9 Å². The Balaban J connectivity index is 2.66. The van der Waals surface area contributed by atoms with E-state index < -0.39 is 23.5 Å². The van der Waals surface area contributed by atoms with Crippen molar-refractivity contribution in [3.63, 3.8) is 0 Å². The Labute approximate surface area is 110 Å². The molecule has 19 heavy (non-hydrogen) atoms. The topological polar surface area (TPSA) is 117 Å². The molecule has 0 saturated carbocycles. The van der Waals surface area contributed by atoms with Gasteiger partial charge in [0.05, 0.1) is 0 Å². The Morgan fingerprint density at radius 1 is 1.42 bits per heavy atom. The molecule has 0 saturated heterocycles. The van der Waals surface area contributed by atoms with Crippen LogP contribution in [-0.4, -0.2) is 23.0 Å². The smallest absolute Gasteiger partial charge is 0.320 e. The molecule has 0 aromatic carbocycles. The van der Waals surface area contributed by atoms with Crippen LogP contribution in [0.4, 0.5) is 10.5 Å². The number of rotatable bonds is 5. The van der Waals surface area contributed by atoms with Crippen LogP contribution in [0.15, 0.2) is 23.1 Å². The summed E-state index contributed by atoms with van der Waals surface area (Å²) in [6.45, 7) is 3.83. The number of hydrogen-bond acceptors (Lipinski definition) is 3. The monoisotopic (exact) mass is 266 g/mol. The fraction of sp³-hybridized carbons (Fsp3) is 0.417. The number of nitrogens with two attached hydrogens (primary N) is 1. The second kappa shape index (κ2) is 6.58. The van der Waals surface area contributed by atoms with Crippen molar-refractivity contribution in [2.45, 2.75) is 26.3 Å². The maximum atomic E-state index is 11.7. The maximum Gasteiger partial charge on any atom is 0.320 e. The standard InChI is InChI=1S/C12H18N4O3/c1-7(2)6-9(10(13)17)16-12(19)15-8-4-3-5-14-11(8)18/h3-5,7,9H,6H2,1-2H3,(H2,13,17)(H,14,18)(H2,15,16,19)/t9-/m0/s1. The number of carbonyl (C=O) groups excluding carboxylic acids is 2. The highest BCUT2D eigenvalue weighted by Crippen LogP contribution is 2.05. The molecule has 1 rings (SSSR count). The Hall–Kier alpha value is -2.31. The van der Waals surface area contributed by atoms with E-state index in [1.54, 1.807) is 6.07 Å². The Bertz CT molecular complexity index is 510. The van der Waals surface area contributed by atoms with E-state index in [4.69, 9.17) is 5.73 Å². The third-order valence-corrected chi connectivity index (χ3v) is 2.42. The highest BCUT2D eigenvalue weighted by Gasteiger charge is 2.19. The van der Waals surface area contributed by atoms with Crippen molar-refractivity contribution in [1.82, 2.24) is 10.3 Å². The second-order valence-electron chi connectivity index (χ2n) is 4.60. The van der Waals surface area contributed by atoms with Gasteiger partial charge in [-0.25, -0.2) is 4.79 Å². The number of nitrogens with one attached hydrogen (secondary N) is 3. The largest absolute Gasteiger partial charge is 0.368 e. The molecule has 1 heterocycles. The number of hydrogen-bond donors (Lipinski definition) is 4. The van der Waals surface area contributed by atoms with Gasteiger partial charge in [0.25, 0.3) is 5.56 Å². The molecule has 1 aromatic heterocycles. The van der Waals surface area contributed by atoms with E-state index in [0.717, 1.165) is 0 Å². The van der Waals surface area contributed by atoms with Crippen LogP contribution in [0, 0.1) is 5.92 Å². The first-order chi connectivity index (χ1) is 8.90. The first-order valence-electron chi connectivity index (χ1n) is 5.94. The van der Waals surface area contributed by atoms with Crippen LogP contribution >= 0.6 is 0 Å². The van der Waals surface area contributed by atoms with E-state index >= 15 is 0 Å². The number of aromatic nitrogens is 1. The van der Waals surface area contributed by atoms with Gasteiger partial charge in [0.1, 0.15) is 11.7 Å². The van der Waals surface area contributed by atoms with Crippen molar-refractivity contribution >= 4 is 17.6 Å². The predicted octanol–water partition coefficient (Wildman–Crippen LogP) is 0.396. The van der Waals surface area contributed by atoms with E-state index in [2.05, 4.69) is 15.6 Å². The summed E-state index contributed by atoms with van der Waals surface area (Å²) >= 11 is 0. The molecular formula is C12H18N4O3. The first-order valence-corrected chi connectivity index (χ1v) is 5.94. The number of urea groups is 1. The zero-order valence-corrected chi connectivity index (χ0v) is 10.9. The summed E-state index contributed by atoms with van der Waals surface area (Å²) in [5, 5.41) is 4.81. The Morgan fingerprint density at radius 3 is 2.63 bits per heavy atom. The summed E-state index contributed by atoms with van der Waals surface area (Å²) in [6.07, 6.45) is 1.89.